The highest BCUT2D eigenvalue weighted by atomic mass is 32.2. The van der Waals surface area contributed by atoms with Gasteiger partial charge in [0.05, 0.1) is 16.5 Å². The van der Waals surface area contributed by atoms with Gasteiger partial charge in [0.15, 0.2) is 0 Å². The molecule has 1 atom stereocenters. The predicted molar refractivity (Wildman–Crippen MR) is 65.3 cm³/mol. The number of benzene rings is 1. The fraction of sp³-hybridized carbons (Fsp3) is 0.364. The molecule has 20 heavy (non-hydrogen) atoms. The summed E-state index contributed by atoms with van der Waals surface area (Å²) in [5.41, 5.74) is -1.28. The van der Waals surface area contributed by atoms with Gasteiger partial charge in [0.2, 0.25) is 15.9 Å². The van der Waals surface area contributed by atoms with Gasteiger partial charge in [-0.15, -0.1) is 0 Å². The van der Waals surface area contributed by atoms with Crippen molar-refractivity contribution >= 4 is 15.9 Å². The zero-order valence-electron chi connectivity index (χ0n) is 10.7. The van der Waals surface area contributed by atoms with Gasteiger partial charge in [-0.1, -0.05) is 12.1 Å². The second kappa shape index (κ2) is 5.80. The number of alkyl halides is 3. The number of nitrogens with one attached hydrogen (secondary N) is 2. The SMILES string of the molecule is CNC(=O)[C@H](C)NS(=O)(=O)c1ccccc1C(F)(F)F. The average molecular weight is 310 g/mol. The summed E-state index contributed by atoms with van der Waals surface area (Å²) in [6.07, 6.45) is -4.80. The Morgan fingerprint density at radius 2 is 1.80 bits per heavy atom. The molecule has 0 bridgehead atoms. The van der Waals surface area contributed by atoms with Gasteiger partial charge in [-0.25, -0.2) is 8.42 Å². The molecule has 0 radical (unpaired) electrons. The second-order valence-electron chi connectivity index (χ2n) is 3.95. The Balaban J connectivity index is 3.21. The first kappa shape index (κ1) is 16.4. The van der Waals surface area contributed by atoms with Crippen LogP contribution >= 0.6 is 0 Å². The van der Waals surface area contributed by atoms with Crippen LogP contribution in [0.5, 0.6) is 0 Å². The molecule has 9 heteroatoms. The zero-order chi connectivity index (χ0) is 15.6. The Bertz CT molecular complexity index is 599. The zero-order valence-corrected chi connectivity index (χ0v) is 11.5. The van der Waals surface area contributed by atoms with Crippen LogP contribution in [0.25, 0.3) is 0 Å². The van der Waals surface area contributed by atoms with E-state index in [1.807, 2.05) is 4.72 Å². The summed E-state index contributed by atoms with van der Waals surface area (Å²) < 4.78 is 64.1. The highest BCUT2D eigenvalue weighted by Crippen LogP contribution is 2.33. The molecule has 1 amide bonds. The minimum Gasteiger partial charge on any atom is -0.358 e. The van der Waals surface area contributed by atoms with Crippen molar-refractivity contribution in [3.63, 3.8) is 0 Å². The summed E-state index contributed by atoms with van der Waals surface area (Å²) in [6.45, 7) is 1.23. The van der Waals surface area contributed by atoms with Gasteiger partial charge >= 0.3 is 6.18 Å². The lowest BCUT2D eigenvalue weighted by Crippen LogP contribution is -2.43. The van der Waals surface area contributed by atoms with Crippen LogP contribution in [-0.4, -0.2) is 27.4 Å². The first-order valence-corrected chi connectivity index (χ1v) is 6.98. The number of halogens is 3. The number of carbonyl (C=O) groups excluding carboxylic acids is 1. The third kappa shape index (κ3) is 3.70. The van der Waals surface area contributed by atoms with Gasteiger partial charge in [0.25, 0.3) is 0 Å². The molecule has 1 rings (SSSR count). The maximum absolute atomic E-state index is 12.8. The van der Waals surface area contributed by atoms with Crippen molar-refractivity contribution < 1.29 is 26.4 Å². The third-order valence-electron chi connectivity index (χ3n) is 2.45. The molecule has 0 heterocycles. The Labute approximate surface area is 114 Å². The summed E-state index contributed by atoms with van der Waals surface area (Å²) in [4.78, 5) is 10.3. The van der Waals surface area contributed by atoms with E-state index in [-0.39, 0.29) is 0 Å². The van der Waals surface area contributed by atoms with Crippen LogP contribution in [0.2, 0.25) is 0 Å². The lowest BCUT2D eigenvalue weighted by atomic mass is 10.2. The predicted octanol–water partition coefficient (Wildman–Crippen LogP) is 1.12. The second-order valence-corrected chi connectivity index (χ2v) is 5.63. The van der Waals surface area contributed by atoms with Crippen LogP contribution in [0.3, 0.4) is 0 Å². The van der Waals surface area contributed by atoms with Crippen molar-refractivity contribution in [1.82, 2.24) is 10.0 Å². The highest BCUT2D eigenvalue weighted by molar-refractivity contribution is 7.89. The van der Waals surface area contributed by atoms with Gasteiger partial charge in [-0.3, -0.25) is 4.79 Å². The van der Waals surface area contributed by atoms with Gasteiger partial charge in [0.1, 0.15) is 0 Å². The fourth-order valence-corrected chi connectivity index (χ4v) is 2.93. The van der Waals surface area contributed by atoms with E-state index in [0.717, 1.165) is 12.1 Å². The number of carbonyl (C=O) groups is 1. The van der Waals surface area contributed by atoms with Gasteiger partial charge in [0, 0.05) is 7.05 Å². The molecule has 0 saturated carbocycles. The number of likely N-dealkylation sites (N-methyl/N-ethyl adjacent to an activating group) is 1. The van der Waals surface area contributed by atoms with Crippen LogP contribution in [0.1, 0.15) is 12.5 Å². The van der Waals surface area contributed by atoms with Crippen LogP contribution in [-0.2, 0) is 21.0 Å². The van der Waals surface area contributed by atoms with E-state index in [4.69, 9.17) is 0 Å². The van der Waals surface area contributed by atoms with Gasteiger partial charge in [-0.2, -0.15) is 17.9 Å². The normalized spacial score (nSPS) is 13.8. The quantitative estimate of drug-likeness (QED) is 0.875. The summed E-state index contributed by atoms with van der Waals surface area (Å²) in [7, 11) is -3.17. The lowest BCUT2D eigenvalue weighted by Gasteiger charge is -2.16. The standard InChI is InChI=1S/C11H13F3N2O3S/c1-7(10(17)15-2)16-20(18,19)9-6-4-3-5-8(9)11(12,13)14/h3-7,16H,1-2H3,(H,15,17)/t7-/m0/s1. The number of hydrogen-bond acceptors (Lipinski definition) is 3. The molecule has 0 unspecified atom stereocenters. The van der Waals surface area contributed by atoms with Crippen molar-refractivity contribution in [2.45, 2.75) is 24.0 Å². The smallest absolute Gasteiger partial charge is 0.358 e. The van der Waals surface area contributed by atoms with Gasteiger partial charge in [-0.05, 0) is 19.1 Å². The van der Waals surface area contributed by atoms with Crippen LogP contribution in [0.15, 0.2) is 29.2 Å². The van der Waals surface area contributed by atoms with Crippen molar-refractivity contribution in [2.24, 2.45) is 0 Å². The summed E-state index contributed by atoms with van der Waals surface area (Å²) in [5, 5.41) is 2.20. The number of hydrogen-bond donors (Lipinski definition) is 2. The molecule has 1 aromatic carbocycles. The van der Waals surface area contributed by atoms with Crippen molar-refractivity contribution in [2.75, 3.05) is 7.05 Å². The molecule has 0 saturated heterocycles. The van der Waals surface area contributed by atoms with Crippen molar-refractivity contribution in [3.05, 3.63) is 29.8 Å². The largest absolute Gasteiger partial charge is 0.417 e. The van der Waals surface area contributed by atoms with Crippen LogP contribution in [0, 0.1) is 0 Å². The van der Waals surface area contributed by atoms with E-state index < -0.39 is 38.6 Å². The van der Waals surface area contributed by atoms with Crippen molar-refractivity contribution in [3.8, 4) is 0 Å². The molecule has 112 valence electrons. The molecular weight excluding hydrogens is 297 g/mol. The van der Waals surface area contributed by atoms with E-state index in [1.165, 1.54) is 20.0 Å². The highest BCUT2D eigenvalue weighted by Gasteiger charge is 2.37. The molecule has 5 nitrogen and oxygen atoms in total. The molecule has 0 aromatic heterocycles. The summed E-state index contributed by atoms with van der Waals surface area (Å²) >= 11 is 0. The van der Waals surface area contributed by atoms with E-state index in [2.05, 4.69) is 5.32 Å². The number of sulfonamides is 1. The van der Waals surface area contributed by atoms with E-state index in [1.54, 1.807) is 0 Å². The van der Waals surface area contributed by atoms with E-state index in [9.17, 15) is 26.4 Å². The maximum Gasteiger partial charge on any atom is 0.417 e. The minimum absolute atomic E-state index is 0.655. The Hall–Kier alpha value is -1.61. The average Bonchev–Trinajstić information content (AvgIpc) is 2.36. The molecular formula is C11H13F3N2O3S. The van der Waals surface area contributed by atoms with Crippen LogP contribution in [0.4, 0.5) is 13.2 Å². The molecule has 0 aliphatic rings. The number of amides is 1. The summed E-state index contributed by atoms with van der Waals surface area (Å²) in [6, 6.07) is 2.57. The monoisotopic (exact) mass is 310 g/mol. The minimum atomic E-state index is -4.80. The molecule has 2 N–H and O–H groups in total. The Morgan fingerprint density at radius 3 is 2.30 bits per heavy atom. The molecule has 0 aliphatic carbocycles. The van der Waals surface area contributed by atoms with Crippen LogP contribution < -0.4 is 10.0 Å². The maximum atomic E-state index is 12.8. The third-order valence-corrected chi connectivity index (χ3v) is 4.05. The molecule has 0 aliphatic heterocycles. The molecule has 0 spiro atoms. The Kier molecular flexibility index (Phi) is 4.77. The molecule has 0 fully saturated rings. The van der Waals surface area contributed by atoms with Crippen molar-refractivity contribution in [1.29, 1.82) is 0 Å². The molecule has 1 aromatic rings. The topological polar surface area (TPSA) is 75.3 Å². The van der Waals surface area contributed by atoms with E-state index in [0.29, 0.717) is 6.07 Å². The number of rotatable bonds is 4. The first-order chi connectivity index (χ1) is 9.09. The summed E-state index contributed by atoms with van der Waals surface area (Å²) in [5.74, 6) is -0.655. The van der Waals surface area contributed by atoms with E-state index >= 15 is 0 Å². The Morgan fingerprint density at radius 1 is 1.25 bits per heavy atom. The fourth-order valence-electron chi connectivity index (χ4n) is 1.50. The first-order valence-electron chi connectivity index (χ1n) is 5.49. The van der Waals surface area contributed by atoms with Gasteiger partial charge < -0.3 is 5.32 Å². The lowest BCUT2D eigenvalue weighted by molar-refractivity contribution is -0.139.